The maximum Gasteiger partial charge on any atom is 0.335 e. The molecule has 5 nitrogen and oxygen atoms in total. The summed E-state index contributed by atoms with van der Waals surface area (Å²) in [4.78, 5) is 30.2. The Morgan fingerprint density at radius 2 is 1.83 bits per heavy atom. The highest BCUT2D eigenvalue weighted by Gasteiger charge is 2.37. The second-order valence-corrected chi connectivity index (χ2v) is 8.38. The Morgan fingerprint density at radius 3 is 2.43 bits per heavy atom. The van der Waals surface area contributed by atoms with Crippen LogP contribution in [0.5, 0.6) is 0 Å². The predicted octanol–water partition coefficient (Wildman–Crippen LogP) is 5.09. The van der Waals surface area contributed by atoms with Gasteiger partial charge in [-0.05, 0) is 54.7 Å². The number of nitrogens with zero attached hydrogens (tertiary/aromatic N) is 2. The fourth-order valence-corrected chi connectivity index (χ4v) is 4.46. The van der Waals surface area contributed by atoms with Gasteiger partial charge in [0.2, 0.25) is 5.91 Å². The summed E-state index contributed by atoms with van der Waals surface area (Å²) in [6.07, 6.45) is 5.77. The Hall–Kier alpha value is -2.86. The number of amides is 1. The molecule has 2 aromatic carbocycles. The molecule has 1 N–H and O–H groups in total. The first kappa shape index (κ1) is 21.8. The molecule has 0 bridgehead atoms. The second kappa shape index (κ2) is 10.3. The Bertz CT molecular complexity index is 936. The Morgan fingerprint density at radius 1 is 1.17 bits per heavy atom. The van der Waals surface area contributed by atoms with Gasteiger partial charge in [0.15, 0.2) is 5.17 Å². The summed E-state index contributed by atoms with van der Waals surface area (Å²) in [6, 6.07) is 14.8. The minimum absolute atomic E-state index is 0.0239. The minimum Gasteiger partial charge on any atom is -0.478 e. The number of unbranched alkanes of at least 4 members (excludes halogenated alkanes) is 1. The molecule has 0 spiro atoms. The van der Waals surface area contributed by atoms with Gasteiger partial charge in [0.25, 0.3) is 0 Å². The van der Waals surface area contributed by atoms with E-state index in [1.165, 1.54) is 42.3 Å². The standard InChI is InChI=1S/C24H26N2O3S/c1-3-5-6-17-7-9-18(10-8-17)16-21-22(27)26(15-4-2)24(30-21)25-20-13-11-19(12-14-20)23(28)29/h4,7-14,21H,2-3,5-6,15-16H2,1H3,(H,28,29). The lowest BCUT2D eigenvalue weighted by atomic mass is 10.0. The zero-order valence-corrected chi connectivity index (χ0v) is 17.9. The SMILES string of the molecule is C=CCN1C(=O)C(Cc2ccc(CCCC)cc2)SC1=Nc1ccc(C(=O)O)cc1. The summed E-state index contributed by atoms with van der Waals surface area (Å²) >= 11 is 1.45. The molecule has 1 unspecified atom stereocenters. The van der Waals surface area contributed by atoms with E-state index in [9.17, 15) is 9.59 Å². The van der Waals surface area contributed by atoms with Crippen molar-refractivity contribution in [2.45, 2.75) is 37.9 Å². The molecule has 0 radical (unpaired) electrons. The third-order valence-electron chi connectivity index (χ3n) is 4.93. The Balaban J connectivity index is 1.75. The van der Waals surface area contributed by atoms with E-state index in [4.69, 9.17) is 5.11 Å². The van der Waals surface area contributed by atoms with Gasteiger partial charge in [-0.3, -0.25) is 9.69 Å². The lowest BCUT2D eigenvalue weighted by molar-refractivity contribution is -0.125. The van der Waals surface area contributed by atoms with Crippen LogP contribution >= 0.6 is 11.8 Å². The van der Waals surface area contributed by atoms with Crippen molar-refractivity contribution in [1.82, 2.24) is 4.90 Å². The van der Waals surface area contributed by atoms with Gasteiger partial charge in [-0.15, -0.1) is 6.58 Å². The van der Waals surface area contributed by atoms with Crippen LogP contribution in [0.15, 0.2) is 66.2 Å². The fraction of sp³-hybridized carbons (Fsp3) is 0.292. The van der Waals surface area contributed by atoms with Gasteiger partial charge in [-0.25, -0.2) is 9.79 Å². The molecular formula is C24H26N2O3S. The molecule has 0 aromatic heterocycles. The van der Waals surface area contributed by atoms with E-state index >= 15 is 0 Å². The second-order valence-electron chi connectivity index (χ2n) is 7.21. The predicted molar refractivity (Wildman–Crippen MR) is 123 cm³/mol. The lowest BCUT2D eigenvalue weighted by Gasteiger charge is -2.14. The number of benzene rings is 2. The summed E-state index contributed by atoms with van der Waals surface area (Å²) in [5.74, 6) is -0.954. The summed E-state index contributed by atoms with van der Waals surface area (Å²) in [7, 11) is 0. The van der Waals surface area contributed by atoms with E-state index in [0.29, 0.717) is 23.8 Å². The van der Waals surface area contributed by atoms with E-state index in [1.54, 1.807) is 23.1 Å². The summed E-state index contributed by atoms with van der Waals surface area (Å²) in [5, 5.41) is 9.42. The zero-order valence-electron chi connectivity index (χ0n) is 17.1. The monoisotopic (exact) mass is 422 g/mol. The molecule has 1 amide bonds. The van der Waals surface area contributed by atoms with Gasteiger partial charge in [-0.2, -0.15) is 0 Å². The minimum atomic E-state index is -0.978. The number of amidine groups is 1. The zero-order chi connectivity index (χ0) is 21.5. The molecule has 1 fully saturated rings. The summed E-state index contributed by atoms with van der Waals surface area (Å²) < 4.78 is 0. The number of aryl methyl sites for hydroxylation is 1. The van der Waals surface area contributed by atoms with Crippen LogP contribution in [0.2, 0.25) is 0 Å². The lowest BCUT2D eigenvalue weighted by Crippen LogP contribution is -2.32. The fourth-order valence-electron chi connectivity index (χ4n) is 3.25. The average molecular weight is 423 g/mol. The number of rotatable bonds is 9. The number of carbonyl (C=O) groups excluding carboxylic acids is 1. The number of hydrogen-bond donors (Lipinski definition) is 1. The smallest absolute Gasteiger partial charge is 0.335 e. The molecule has 30 heavy (non-hydrogen) atoms. The topological polar surface area (TPSA) is 70.0 Å². The normalized spacial score (nSPS) is 17.5. The molecule has 3 rings (SSSR count). The van der Waals surface area contributed by atoms with Gasteiger partial charge >= 0.3 is 5.97 Å². The molecule has 1 aliphatic heterocycles. The van der Waals surface area contributed by atoms with Crippen molar-refractivity contribution in [1.29, 1.82) is 0 Å². The first-order chi connectivity index (χ1) is 14.5. The highest BCUT2D eigenvalue weighted by atomic mass is 32.2. The van der Waals surface area contributed by atoms with Crippen LogP contribution in [-0.4, -0.2) is 38.8 Å². The molecule has 2 aromatic rings. The molecule has 1 aliphatic rings. The van der Waals surface area contributed by atoms with Crippen LogP contribution in [0, 0.1) is 0 Å². The van der Waals surface area contributed by atoms with E-state index in [0.717, 1.165) is 12.0 Å². The number of thioether (sulfide) groups is 1. The molecule has 1 saturated heterocycles. The molecular weight excluding hydrogens is 396 g/mol. The van der Waals surface area contributed by atoms with Crippen LogP contribution in [-0.2, 0) is 17.6 Å². The Kier molecular flexibility index (Phi) is 7.46. The molecule has 156 valence electrons. The number of carboxylic acid groups (broad SMARTS) is 1. The summed E-state index contributed by atoms with van der Waals surface area (Å²) in [5.41, 5.74) is 3.28. The van der Waals surface area contributed by atoms with Crippen molar-refractivity contribution in [2.24, 2.45) is 4.99 Å². The van der Waals surface area contributed by atoms with Crippen molar-refractivity contribution < 1.29 is 14.7 Å². The largest absolute Gasteiger partial charge is 0.478 e. The van der Waals surface area contributed by atoms with Crippen molar-refractivity contribution in [3.63, 3.8) is 0 Å². The first-order valence-electron chi connectivity index (χ1n) is 10.1. The highest BCUT2D eigenvalue weighted by Crippen LogP contribution is 2.32. The number of carbonyl (C=O) groups is 2. The van der Waals surface area contributed by atoms with Gasteiger partial charge < -0.3 is 5.11 Å². The van der Waals surface area contributed by atoms with Gasteiger partial charge in [0.05, 0.1) is 16.5 Å². The maximum atomic E-state index is 13.0. The van der Waals surface area contributed by atoms with Crippen molar-refractivity contribution in [3.05, 3.63) is 77.9 Å². The number of aliphatic imine (C=N–C) groups is 1. The molecule has 0 saturated carbocycles. The average Bonchev–Trinajstić information content (AvgIpc) is 3.03. The van der Waals surface area contributed by atoms with E-state index in [-0.39, 0.29) is 16.7 Å². The van der Waals surface area contributed by atoms with Crippen LogP contribution in [0.25, 0.3) is 0 Å². The quantitative estimate of drug-likeness (QED) is 0.572. The Labute approximate surface area is 181 Å². The summed E-state index contributed by atoms with van der Waals surface area (Å²) in [6.45, 7) is 6.33. The molecule has 0 aliphatic carbocycles. The highest BCUT2D eigenvalue weighted by molar-refractivity contribution is 8.15. The van der Waals surface area contributed by atoms with Gasteiger partial charge in [-0.1, -0.05) is 55.4 Å². The molecule has 6 heteroatoms. The van der Waals surface area contributed by atoms with Crippen molar-refractivity contribution >= 4 is 34.5 Å². The van der Waals surface area contributed by atoms with E-state index in [2.05, 4.69) is 42.8 Å². The number of aromatic carboxylic acids is 1. The number of carboxylic acids is 1. The van der Waals surface area contributed by atoms with Gasteiger partial charge in [0.1, 0.15) is 0 Å². The number of hydrogen-bond acceptors (Lipinski definition) is 4. The van der Waals surface area contributed by atoms with Crippen molar-refractivity contribution in [2.75, 3.05) is 6.54 Å². The van der Waals surface area contributed by atoms with Crippen LogP contribution < -0.4 is 0 Å². The van der Waals surface area contributed by atoms with Crippen LogP contribution in [0.3, 0.4) is 0 Å². The van der Waals surface area contributed by atoms with Gasteiger partial charge in [0, 0.05) is 6.54 Å². The maximum absolute atomic E-state index is 13.0. The van der Waals surface area contributed by atoms with Crippen LogP contribution in [0.4, 0.5) is 5.69 Å². The van der Waals surface area contributed by atoms with Crippen LogP contribution in [0.1, 0.15) is 41.3 Å². The first-order valence-corrected chi connectivity index (χ1v) is 11.0. The van der Waals surface area contributed by atoms with E-state index in [1.807, 2.05) is 0 Å². The third kappa shape index (κ3) is 5.39. The van der Waals surface area contributed by atoms with Crippen molar-refractivity contribution in [3.8, 4) is 0 Å². The molecule has 1 atom stereocenters. The third-order valence-corrected chi connectivity index (χ3v) is 6.11. The molecule has 1 heterocycles. The van der Waals surface area contributed by atoms with E-state index < -0.39 is 5.97 Å².